The molecule has 0 fully saturated rings. The summed E-state index contributed by atoms with van der Waals surface area (Å²) in [5, 5.41) is 29.9. The van der Waals surface area contributed by atoms with Crippen LogP contribution in [0.25, 0.3) is 5.57 Å². The van der Waals surface area contributed by atoms with Crippen LogP contribution in [-0.4, -0.2) is 27.8 Å². The van der Waals surface area contributed by atoms with Crippen LogP contribution in [0.1, 0.15) is 22.7 Å². The average molecular weight is 377 g/mol. The first-order chi connectivity index (χ1) is 12.6. The van der Waals surface area contributed by atoms with Crippen molar-refractivity contribution >= 4 is 17.1 Å². The van der Waals surface area contributed by atoms with Crippen molar-refractivity contribution in [1.29, 1.82) is 5.41 Å². The van der Waals surface area contributed by atoms with Gasteiger partial charge in [0, 0.05) is 19.2 Å². The quantitative estimate of drug-likeness (QED) is 0.607. The van der Waals surface area contributed by atoms with Crippen LogP contribution >= 0.6 is 0 Å². The van der Waals surface area contributed by atoms with E-state index in [1.165, 1.54) is 42.3 Å². The van der Waals surface area contributed by atoms with Crippen LogP contribution in [-0.2, 0) is 6.18 Å². The number of nitrogens with zero attached hydrogens (tertiary/aromatic N) is 2. The molecule has 3 rings (SSSR count). The van der Waals surface area contributed by atoms with E-state index in [2.05, 4.69) is 0 Å². The number of benzene rings is 2. The highest BCUT2D eigenvalue weighted by Gasteiger charge is 2.38. The fourth-order valence-corrected chi connectivity index (χ4v) is 3.07. The number of nitro groups is 1. The van der Waals surface area contributed by atoms with E-state index in [4.69, 9.17) is 5.41 Å². The largest absolute Gasteiger partial charge is 0.509 e. The summed E-state index contributed by atoms with van der Waals surface area (Å²) in [5.74, 6) is -0.509. The second-order valence-electron chi connectivity index (χ2n) is 6.05. The number of aliphatic hydroxyl groups is 1. The predicted molar refractivity (Wildman–Crippen MR) is 92.3 cm³/mol. The maximum absolute atomic E-state index is 13.0. The van der Waals surface area contributed by atoms with Crippen molar-refractivity contribution < 1.29 is 23.2 Å². The Kier molecular flexibility index (Phi) is 4.38. The molecule has 0 radical (unpaired) electrons. The normalized spacial score (nSPS) is 17.6. The minimum atomic E-state index is -4.56. The van der Waals surface area contributed by atoms with Crippen molar-refractivity contribution in [3.63, 3.8) is 0 Å². The van der Waals surface area contributed by atoms with Gasteiger partial charge < -0.3 is 10.0 Å². The maximum Gasteiger partial charge on any atom is 0.416 e. The first kappa shape index (κ1) is 18.4. The molecule has 1 unspecified atom stereocenters. The molecule has 0 aromatic heterocycles. The molecule has 0 amide bonds. The number of amidine groups is 1. The molecule has 0 bridgehead atoms. The Balaban J connectivity index is 2.10. The van der Waals surface area contributed by atoms with E-state index in [0.717, 1.165) is 12.1 Å². The van der Waals surface area contributed by atoms with Crippen LogP contribution in [0.4, 0.5) is 18.9 Å². The molecule has 140 valence electrons. The van der Waals surface area contributed by atoms with Crippen LogP contribution in [0.2, 0.25) is 0 Å². The van der Waals surface area contributed by atoms with Gasteiger partial charge in [-0.1, -0.05) is 24.3 Å². The molecular formula is C18H14F3N3O3. The summed E-state index contributed by atoms with van der Waals surface area (Å²) in [4.78, 5) is 11.7. The molecular weight excluding hydrogens is 363 g/mol. The van der Waals surface area contributed by atoms with Gasteiger partial charge in [0.15, 0.2) is 0 Å². The standard InChI is InChI=1S/C18H14F3N3O3/c1-23-15(11-5-3-7-13(9-11)24(26)27)16(25)14(17(23)22)10-4-2-6-12(8-10)18(19,20)21/h2-9,15,22,25H,1H3. The van der Waals surface area contributed by atoms with Crippen molar-refractivity contribution in [2.24, 2.45) is 0 Å². The summed E-state index contributed by atoms with van der Waals surface area (Å²) in [6, 6.07) is 8.99. The monoisotopic (exact) mass is 377 g/mol. The van der Waals surface area contributed by atoms with E-state index in [1.807, 2.05) is 0 Å². The summed E-state index contributed by atoms with van der Waals surface area (Å²) in [5.41, 5.74) is -0.717. The fraction of sp³-hybridized carbons (Fsp3) is 0.167. The van der Waals surface area contributed by atoms with E-state index in [9.17, 15) is 28.4 Å². The minimum absolute atomic E-state index is 0.0416. The number of non-ortho nitro benzene ring substituents is 1. The molecule has 2 aromatic rings. The van der Waals surface area contributed by atoms with Crippen LogP contribution in [0.15, 0.2) is 54.3 Å². The molecule has 1 aliphatic rings. The highest BCUT2D eigenvalue weighted by Crippen LogP contribution is 2.41. The topological polar surface area (TPSA) is 90.5 Å². The third-order valence-electron chi connectivity index (χ3n) is 4.37. The lowest BCUT2D eigenvalue weighted by molar-refractivity contribution is -0.384. The Morgan fingerprint density at radius 2 is 1.85 bits per heavy atom. The first-order valence-corrected chi connectivity index (χ1v) is 7.78. The van der Waals surface area contributed by atoms with Crippen molar-refractivity contribution in [3.05, 3.63) is 81.1 Å². The van der Waals surface area contributed by atoms with Crippen molar-refractivity contribution in [2.45, 2.75) is 12.2 Å². The third-order valence-corrected chi connectivity index (χ3v) is 4.37. The van der Waals surface area contributed by atoms with Gasteiger partial charge in [-0.05, 0) is 23.3 Å². The average Bonchev–Trinajstić information content (AvgIpc) is 2.83. The van der Waals surface area contributed by atoms with E-state index < -0.39 is 22.7 Å². The van der Waals surface area contributed by atoms with Gasteiger partial charge in [0.05, 0.1) is 16.1 Å². The van der Waals surface area contributed by atoms with Gasteiger partial charge in [-0.15, -0.1) is 0 Å². The van der Waals surface area contributed by atoms with E-state index in [1.54, 1.807) is 6.07 Å². The molecule has 6 nitrogen and oxygen atoms in total. The van der Waals surface area contributed by atoms with Crippen LogP contribution < -0.4 is 0 Å². The Hall–Kier alpha value is -3.36. The molecule has 27 heavy (non-hydrogen) atoms. The van der Waals surface area contributed by atoms with Gasteiger partial charge in [0.1, 0.15) is 17.6 Å². The van der Waals surface area contributed by atoms with E-state index >= 15 is 0 Å². The fourth-order valence-electron chi connectivity index (χ4n) is 3.07. The van der Waals surface area contributed by atoms with Gasteiger partial charge >= 0.3 is 6.18 Å². The number of aliphatic hydroxyl groups excluding tert-OH is 1. The summed E-state index contributed by atoms with van der Waals surface area (Å²) in [6.45, 7) is 0. The Labute approximate surface area is 151 Å². The lowest BCUT2D eigenvalue weighted by atomic mass is 9.99. The molecule has 0 spiro atoms. The number of halogens is 3. The lowest BCUT2D eigenvalue weighted by Gasteiger charge is -2.22. The highest BCUT2D eigenvalue weighted by atomic mass is 19.4. The van der Waals surface area contributed by atoms with Crippen molar-refractivity contribution in [2.75, 3.05) is 7.05 Å². The molecule has 1 heterocycles. The number of hydrogen-bond acceptors (Lipinski definition) is 4. The van der Waals surface area contributed by atoms with Gasteiger partial charge in [-0.3, -0.25) is 15.5 Å². The highest BCUT2D eigenvalue weighted by molar-refractivity contribution is 6.24. The summed E-state index contributed by atoms with van der Waals surface area (Å²) >= 11 is 0. The number of likely N-dealkylation sites (N-methyl/N-ethyl adjacent to an activating group) is 1. The zero-order valence-electron chi connectivity index (χ0n) is 14.0. The SMILES string of the molecule is CN1C(=N)C(c2cccc(C(F)(F)F)c2)=C(O)C1c1cccc([N+](=O)[O-])c1. The van der Waals surface area contributed by atoms with Gasteiger partial charge in [0.25, 0.3) is 5.69 Å². The summed E-state index contributed by atoms with van der Waals surface area (Å²) in [6.07, 6.45) is -4.56. The Bertz CT molecular complexity index is 970. The third kappa shape index (κ3) is 3.23. The smallest absolute Gasteiger partial charge is 0.416 e. The van der Waals surface area contributed by atoms with E-state index in [0.29, 0.717) is 5.56 Å². The summed E-state index contributed by atoms with van der Waals surface area (Å²) in [7, 11) is 1.49. The lowest BCUT2D eigenvalue weighted by Crippen LogP contribution is -2.25. The number of hydrogen-bond donors (Lipinski definition) is 2. The zero-order valence-corrected chi connectivity index (χ0v) is 14.0. The molecule has 9 heteroatoms. The Morgan fingerprint density at radius 3 is 2.48 bits per heavy atom. The van der Waals surface area contributed by atoms with E-state index in [-0.39, 0.29) is 28.4 Å². The molecule has 1 atom stereocenters. The van der Waals surface area contributed by atoms with Gasteiger partial charge in [-0.25, -0.2) is 0 Å². The van der Waals surface area contributed by atoms with Crippen LogP contribution in [0.5, 0.6) is 0 Å². The molecule has 1 aliphatic heterocycles. The molecule has 0 aliphatic carbocycles. The number of alkyl halides is 3. The van der Waals surface area contributed by atoms with Gasteiger partial charge in [0.2, 0.25) is 0 Å². The zero-order chi connectivity index (χ0) is 19.9. The van der Waals surface area contributed by atoms with Crippen molar-refractivity contribution in [3.8, 4) is 0 Å². The molecule has 0 saturated carbocycles. The maximum atomic E-state index is 13.0. The van der Waals surface area contributed by atoms with Gasteiger partial charge in [-0.2, -0.15) is 13.2 Å². The second kappa shape index (κ2) is 6.42. The molecule has 2 N–H and O–H groups in total. The van der Waals surface area contributed by atoms with Crippen LogP contribution in [0.3, 0.4) is 0 Å². The second-order valence-corrected chi connectivity index (χ2v) is 6.05. The first-order valence-electron chi connectivity index (χ1n) is 7.78. The Morgan fingerprint density at radius 1 is 1.19 bits per heavy atom. The summed E-state index contributed by atoms with van der Waals surface area (Å²) < 4.78 is 38.9. The molecule has 0 saturated heterocycles. The minimum Gasteiger partial charge on any atom is -0.509 e. The number of nitrogens with one attached hydrogen (secondary N) is 1. The van der Waals surface area contributed by atoms with Crippen LogP contribution in [0, 0.1) is 15.5 Å². The molecule has 2 aromatic carbocycles. The predicted octanol–water partition coefficient (Wildman–Crippen LogP) is 4.55. The van der Waals surface area contributed by atoms with Crippen molar-refractivity contribution in [1.82, 2.24) is 4.90 Å². The number of rotatable bonds is 3. The number of nitro benzene ring substituents is 1.